The van der Waals surface area contributed by atoms with E-state index in [1.54, 1.807) is 0 Å². The minimum atomic E-state index is -0.579. The van der Waals surface area contributed by atoms with Crippen molar-refractivity contribution in [2.24, 2.45) is 0 Å². The molecule has 10 rings (SSSR count). The number of aromatic nitrogens is 1. The van der Waals surface area contributed by atoms with Crippen LogP contribution in [0.3, 0.4) is 0 Å². The second-order valence-electron chi connectivity index (χ2n) is 12.7. The van der Waals surface area contributed by atoms with E-state index in [4.69, 9.17) is 0 Å². The van der Waals surface area contributed by atoms with E-state index in [9.17, 15) is 0 Å². The molecule has 0 spiro atoms. The van der Waals surface area contributed by atoms with Crippen LogP contribution in [0.2, 0.25) is 0 Å². The average Bonchev–Trinajstić information content (AvgIpc) is 3.78. The molecule has 0 saturated heterocycles. The van der Waals surface area contributed by atoms with E-state index in [0.717, 1.165) is 28.0 Å². The molecule has 0 saturated carbocycles. The largest absolute Gasteiger partial charge is 4.00 e. The fraction of sp³-hybridized carbons (Fsp3) is 0.0435. The summed E-state index contributed by atoms with van der Waals surface area (Å²) in [5.41, 5.74) is 13.7. The molecule has 0 radical (unpaired) electrons. The molecule has 0 N–H and O–H groups in total. The minimum Gasteiger partial charge on any atom is -0.504 e. The van der Waals surface area contributed by atoms with Crippen molar-refractivity contribution in [3.8, 4) is 16.8 Å². The Morgan fingerprint density at radius 1 is 0.600 bits per heavy atom. The molecule has 0 amide bonds. The molecule has 1 aromatic heterocycles. The molecule has 50 heavy (non-hydrogen) atoms. The van der Waals surface area contributed by atoms with Gasteiger partial charge < -0.3 is 21.8 Å². The summed E-state index contributed by atoms with van der Waals surface area (Å²) >= 11 is 0. The molecule has 0 fully saturated rings. The van der Waals surface area contributed by atoms with Gasteiger partial charge in [0.05, 0.1) is 0 Å². The summed E-state index contributed by atoms with van der Waals surface area (Å²) in [6, 6.07) is 64.4. The summed E-state index contributed by atoms with van der Waals surface area (Å²) in [5, 5.41) is 2.42. The Morgan fingerprint density at radius 3 is 2.04 bits per heavy atom. The average molecular weight is 823 g/mol. The molecular weight excluding hydrogens is 790 g/mol. The Kier molecular flexibility index (Phi) is 7.77. The summed E-state index contributed by atoms with van der Waals surface area (Å²) < 4.78 is 2.31. The van der Waals surface area contributed by atoms with Gasteiger partial charge in [-0.3, -0.25) is 0 Å². The smallest absolute Gasteiger partial charge is 0.504 e. The zero-order valence-corrected chi connectivity index (χ0v) is 30.0. The number of hydrogen-bond donors (Lipinski definition) is 0. The second kappa shape index (κ2) is 12.2. The summed E-state index contributed by atoms with van der Waals surface area (Å²) in [7, 11) is 2.11. The molecule has 1 aliphatic heterocycles. The topological polar surface area (TPSA) is 11.4 Å². The van der Waals surface area contributed by atoms with Gasteiger partial charge >= 0.3 is 21.1 Å². The number of rotatable bonds is 4. The van der Waals surface area contributed by atoms with Crippen LogP contribution < -0.4 is 9.80 Å². The number of hydrogen-bond acceptors (Lipinski definition) is 2. The maximum atomic E-state index is 3.89. The quantitative estimate of drug-likeness (QED) is 0.164. The predicted octanol–water partition coefficient (Wildman–Crippen LogP) is 10.9. The first-order valence-corrected chi connectivity index (χ1v) is 16.4. The van der Waals surface area contributed by atoms with Crippen LogP contribution in [0.1, 0.15) is 22.3 Å². The van der Waals surface area contributed by atoms with Crippen molar-refractivity contribution in [3.05, 3.63) is 206 Å². The van der Waals surface area contributed by atoms with Crippen LogP contribution in [0, 0.1) is 26.2 Å². The molecule has 8 aromatic rings. The van der Waals surface area contributed by atoms with Gasteiger partial charge in [0.1, 0.15) is 0 Å². The van der Waals surface area contributed by atoms with E-state index < -0.39 is 5.41 Å². The van der Waals surface area contributed by atoms with Gasteiger partial charge in [0.2, 0.25) is 0 Å². The van der Waals surface area contributed by atoms with Crippen LogP contribution in [0.15, 0.2) is 158 Å². The third-order valence-electron chi connectivity index (χ3n) is 10.3. The number of nitrogens with zero attached hydrogens (tertiary/aromatic N) is 3. The molecule has 2 heterocycles. The molecule has 7 aromatic carbocycles. The summed E-state index contributed by atoms with van der Waals surface area (Å²) in [5.74, 6) is 0. The van der Waals surface area contributed by atoms with Gasteiger partial charge in [-0.15, -0.1) is 17.0 Å². The van der Waals surface area contributed by atoms with Gasteiger partial charge in [0.15, 0.2) is 0 Å². The first-order chi connectivity index (χ1) is 23.7. The van der Waals surface area contributed by atoms with Crippen molar-refractivity contribution < 1.29 is 21.1 Å². The summed E-state index contributed by atoms with van der Waals surface area (Å²) in [6.07, 6.45) is 0. The first kappa shape index (κ1) is 31.9. The Labute approximate surface area is 308 Å². The summed E-state index contributed by atoms with van der Waals surface area (Å²) in [6.45, 7) is 2.18. The molecule has 0 unspecified atom stereocenters. The van der Waals surface area contributed by atoms with Gasteiger partial charge in [0, 0.05) is 28.0 Å². The fourth-order valence-corrected chi connectivity index (χ4v) is 8.26. The van der Waals surface area contributed by atoms with Gasteiger partial charge in [0.25, 0.3) is 0 Å². The third-order valence-corrected chi connectivity index (χ3v) is 10.3. The van der Waals surface area contributed by atoms with E-state index in [1.807, 2.05) is 12.1 Å². The maximum absolute atomic E-state index is 3.89. The zero-order chi connectivity index (χ0) is 31.8. The molecule has 0 atom stereocenters. The number of fused-ring (bicyclic) bond motifs is 7. The van der Waals surface area contributed by atoms with Crippen LogP contribution in [-0.2, 0) is 26.5 Å². The molecule has 0 bridgehead atoms. The molecular formula is C46H33N3Pt. The van der Waals surface area contributed by atoms with Crippen molar-refractivity contribution in [3.63, 3.8) is 0 Å². The SMILES string of the molecule is CN1[CH-]N(c2cccc(C3(c4[c-]cc5c(c4)c4ccccc4n5-c4[c-]cccc4)c4ccccc4-c4ccccc43)c2)c2ccccc21.[CH3-].[Pt+4]. The van der Waals surface area contributed by atoms with Gasteiger partial charge in [-0.1, -0.05) is 102 Å². The van der Waals surface area contributed by atoms with E-state index in [0.29, 0.717) is 0 Å². The molecule has 242 valence electrons. The Balaban J connectivity index is 0.00000180. The molecule has 4 heteroatoms. The van der Waals surface area contributed by atoms with Crippen LogP contribution in [0.5, 0.6) is 0 Å². The number of anilines is 3. The fourth-order valence-electron chi connectivity index (χ4n) is 8.26. The summed E-state index contributed by atoms with van der Waals surface area (Å²) in [4.78, 5) is 4.50. The van der Waals surface area contributed by atoms with Gasteiger partial charge in [-0.05, 0) is 70.6 Å². The molecule has 2 aliphatic rings. The number of para-hydroxylation sites is 4. The monoisotopic (exact) mass is 822 g/mol. The van der Waals surface area contributed by atoms with E-state index >= 15 is 0 Å². The predicted molar refractivity (Wildman–Crippen MR) is 203 cm³/mol. The van der Waals surface area contributed by atoms with Crippen LogP contribution in [0.4, 0.5) is 17.1 Å². The first-order valence-electron chi connectivity index (χ1n) is 16.4. The maximum Gasteiger partial charge on any atom is 4.00 e. The Hall–Kier alpha value is -5.37. The Morgan fingerprint density at radius 2 is 1.28 bits per heavy atom. The van der Waals surface area contributed by atoms with Crippen LogP contribution in [0.25, 0.3) is 38.6 Å². The zero-order valence-electron chi connectivity index (χ0n) is 27.7. The van der Waals surface area contributed by atoms with Crippen molar-refractivity contribution in [1.29, 1.82) is 0 Å². The van der Waals surface area contributed by atoms with E-state index in [2.05, 4.69) is 186 Å². The third kappa shape index (κ3) is 4.40. The van der Waals surface area contributed by atoms with Crippen molar-refractivity contribution >= 4 is 38.9 Å². The van der Waals surface area contributed by atoms with Gasteiger partial charge in [-0.2, -0.15) is 49.1 Å². The van der Waals surface area contributed by atoms with Gasteiger partial charge in [-0.25, -0.2) is 0 Å². The second-order valence-corrected chi connectivity index (χ2v) is 12.7. The molecule has 3 nitrogen and oxygen atoms in total. The number of benzene rings is 7. The standard InChI is InChI=1S/C45H30N3.CH3.Pt/c1-46-30-47(44-25-12-11-24-43(44)46)34-17-13-14-31(28-34)45(39-21-8-5-18-35(39)36-19-6-9-22-40(36)45)32-26-27-42-38(29-32)37-20-7-10-23-41(37)48(42)33-15-3-2-4-16-33;;/h2-15,17-25,27-30H,1H3;1H3;/q-3;-1;+4. The minimum absolute atomic E-state index is 0. The van der Waals surface area contributed by atoms with Crippen LogP contribution >= 0.6 is 0 Å². The van der Waals surface area contributed by atoms with Crippen LogP contribution in [-0.4, -0.2) is 11.6 Å². The van der Waals surface area contributed by atoms with E-state index in [-0.39, 0.29) is 28.5 Å². The van der Waals surface area contributed by atoms with Crippen molar-refractivity contribution in [2.45, 2.75) is 5.41 Å². The Bertz CT molecular complexity index is 2490. The van der Waals surface area contributed by atoms with E-state index in [1.165, 1.54) is 50.0 Å². The van der Waals surface area contributed by atoms with Crippen molar-refractivity contribution in [1.82, 2.24) is 4.57 Å². The molecule has 1 aliphatic carbocycles. The normalized spacial score (nSPS) is 13.8. The van der Waals surface area contributed by atoms with Crippen molar-refractivity contribution in [2.75, 3.05) is 16.8 Å².